The molecular formula is C11H11BrN4O2. The fraction of sp³-hybridized carbons (Fsp3) is 0.273. The minimum absolute atomic E-state index is 0.0123. The van der Waals surface area contributed by atoms with E-state index in [-0.39, 0.29) is 13.0 Å². The average molecular weight is 311 g/mol. The number of hydrogen-bond acceptors (Lipinski definition) is 4. The van der Waals surface area contributed by atoms with Crippen LogP contribution in [0.25, 0.3) is 0 Å². The Balaban J connectivity index is 2.07. The first kappa shape index (κ1) is 12.7. The van der Waals surface area contributed by atoms with Gasteiger partial charge in [-0.1, -0.05) is 28.1 Å². The number of halogens is 1. The van der Waals surface area contributed by atoms with Crippen molar-refractivity contribution < 1.29 is 9.90 Å². The molecule has 7 heteroatoms. The topological polar surface area (TPSA) is 80.9 Å². The van der Waals surface area contributed by atoms with Crippen LogP contribution < -0.4 is 0 Å². The summed E-state index contributed by atoms with van der Waals surface area (Å²) in [5, 5.41) is 19.9. The number of carboxylic acid groups (broad SMARTS) is 1. The van der Waals surface area contributed by atoms with Gasteiger partial charge in [-0.3, -0.25) is 4.79 Å². The molecule has 1 N–H and O–H groups in total. The van der Waals surface area contributed by atoms with Crippen LogP contribution in [0.4, 0.5) is 0 Å². The summed E-state index contributed by atoms with van der Waals surface area (Å²) in [6, 6.07) is 7.84. The van der Waals surface area contributed by atoms with Crippen LogP contribution in [0.2, 0.25) is 0 Å². The highest BCUT2D eigenvalue weighted by atomic mass is 79.9. The van der Waals surface area contributed by atoms with Gasteiger partial charge in [-0.2, -0.15) is 0 Å². The summed E-state index contributed by atoms with van der Waals surface area (Å²) in [7, 11) is 0. The maximum atomic E-state index is 10.5. The second kappa shape index (κ2) is 5.72. The first-order chi connectivity index (χ1) is 8.65. The van der Waals surface area contributed by atoms with E-state index in [1.54, 1.807) is 0 Å². The molecule has 0 aliphatic carbocycles. The number of hydrogen-bond donors (Lipinski definition) is 1. The van der Waals surface area contributed by atoms with E-state index in [1.165, 1.54) is 4.68 Å². The first-order valence-corrected chi connectivity index (χ1v) is 6.16. The Morgan fingerprint density at radius 3 is 2.72 bits per heavy atom. The molecule has 0 radical (unpaired) electrons. The third-order valence-corrected chi connectivity index (χ3v) is 2.95. The normalized spacial score (nSPS) is 10.5. The summed E-state index contributed by atoms with van der Waals surface area (Å²) < 4.78 is 2.53. The zero-order valence-corrected chi connectivity index (χ0v) is 11.0. The summed E-state index contributed by atoms with van der Waals surface area (Å²) in [5.74, 6) is -0.196. The van der Waals surface area contributed by atoms with E-state index in [1.807, 2.05) is 24.3 Å². The monoisotopic (exact) mass is 310 g/mol. The maximum absolute atomic E-state index is 10.5. The Morgan fingerprint density at radius 2 is 2.06 bits per heavy atom. The predicted molar refractivity (Wildman–Crippen MR) is 67.0 cm³/mol. The molecule has 1 aromatic carbocycles. The van der Waals surface area contributed by atoms with Crippen molar-refractivity contribution in [3.8, 4) is 0 Å². The number of aliphatic carboxylic acids is 1. The Bertz CT molecular complexity index is 538. The van der Waals surface area contributed by atoms with Crippen molar-refractivity contribution in [2.24, 2.45) is 0 Å². The molecule has 0 aliphatic heterocycles. The Morgan fingerprint density at radius 1 is 1.33 bits per heavy atom. The van der Waals surface area contributed by atoms with Gasteiger partial charge in [-0.15, -0.1) is 5.10 Å². The number of rotatable bonds is 5. The molecule has 0 bridgehead atoms. The Labute approximate surface area is 112 Å². The van der Waals surface area contributed by atoms with Crippen molar-refractivity contribution >= 4 is 21.9 Å². The lowest BCUT2D eigenvalue weighted by Crippen LogP contribution is -2.10. The van der Waals surface area contributed by atoms with Gasteiger partial charge in [0, 0.05) is 10.9 Å². The second-order valence-electron chi connectivity index (χ2n) is 3.77. The van der Waals surface area contributed by atoms with Crippen LogP contribution in [0.3, 0.4) is 0 Å². The number of nitrogens with zero attached hydrogens (tertiary/aromatic N) is 4. The standard InChI is InChI=1S/C11H11BrN4O2/c12-9-3-1-8(2-4-9)7-10-13-14-15-16(10)6-5-11(17)18/h1-4H,5-7H2,(H,17,18). The van der Waals surface area contributed by atoms with Gasteiger partial charge in [0.25, 0.3) is 0 Å². The fourth-order valence-electron chi connectivity index (χ4n) is 1.51. The molecule has 0 saturated heterocycles. The van der Waals surface area contributed by atoms with Gasteiger partial charge in [-0.25, -0.2) is 4.68 Å². The molecule has 2 rings (SSSR count). The van der Waals surface area contributed by atoms with E-state index in [2.05, 4.69) is 31.5 Å². The van der Waals surface area contributed by atoms with E-state index in [4.69, 9.17) is 5.11 Å². The van der Waals surface area contributed by atoms with Crippen LogP contribution in [0.5, 0.6) is 0 Å². The Kier molecular flexibility index (Phi) is 4.03. The summed E-state index contributed by atoms with van der Waals surface area (Å²) >= 11 is 3.37. The molecule has 6 nitrogen and oxygen atoms in total. The molecule has 94 valence electrons. The van der Waals surface area contributed by atoms with Crippen molar-refractivity contribution in [2.45, 2.75) is 19.4 Å². The quantitative estimate of drug-likeness (QED) is 0.905. The molecule has 2 aromatic rings. The van der Waals surface area contributed by atoms with E-state index < -0.39 is 5.97 Å². The smallest absolute Gasteiger partial charge is 0.305 e. The average Bonchev–Trinajstić information content (AvgIpc) is 2.77. The number of carbonyl (C=O) groups is 1. The second-order valence-corrected chi connectivity index (χ2v) is 4.68. The van der Waals surface area contributed by atoms with Crippen molar-refractivity contribution in [3.05, 3.63) is 40.1 Å². The molecule has 0 spiro atoms. The van der Waals surface area contributed by atoms with Gasteiger partial charge < -0.3 is 5.11 Å². The van der Waals surface area contributed by atoms with Crippen LogP contribution in [-0.2, 0) is 17.8 Å². The summed E-state index contributed by atoms with van der Waals surface area (Å²) in [4.78, 5) is 10.5. The SMILES string of the molecule is O=C(O)CCn1nnnc1Cc1ccc(Br)cc1. The highest BCUT2D eigenvalue weighted by Gasteiger charge is 2.08. The summed E-state index contributed by atoms with van der Waals surface area (Å²) in [6.45, 7) is 0.286. The predicted octanol–water partition coefficient (Wildman–Crippen LogP) is 1.50. The summed E-state index contributed by atoms with van der Waals surface area (Å²) in [5.41, 5.74) is 1.07. The zero-order chi connectivity index (χ0) is 13.0. The van der Waals surface area contributed by atoms with E-state index in [9.17, 15) is 4.79 Å². The lowest BCUT2D eigenvalue weighted by Gasteiger charge is -2.03. The fourth-order valence-corrected chi connectivity index (χ4v) is 1.77. The summed E-state index contributed by atoms with van der Waals surface area (Å²) in [6.07, 6.45) is 0.596. The molecule has 0 fully saturated rings. The molecule has 1 aromatic heterocycles. The minimum atomic E-state index is -0.861. The van der Waals surface area contributed by atoms with Gasteiger partial charge in [0.05, 0.1) is 13.0 Å². The lowest BCUT2D eigenvalue weighted by atomic mass is 10.1. The third kappa shape index (κ3) is 3.36. The van der Waals surface area contributed by atoms with Crippen LogP contribution in [0.1, 0.15) is 17.8 Å². The van der Waals surface area contributed by atoms with Gasteiger partial charge in [0.1, 0.15) is 0 Å². The van der Waals surface area contributed by atoms with E-state index in [0.29, 0.717) is 12.2 Å². The van der Waals surface area contributed by atoms with Crippen molar-refractivity contribution in [1.82, 2.24) is 20.2 Å². The van der Waals surface area contributed by atoms with Gasteiger partial charge in [-0.05, 0) is 28.1 Å². The van der Waals surface area contributed by atoms with Crippen LogP contribution >= 0.6 is 15.9 Å². The Hall–Kier alpha value is -1.76. The zero-order valence-electron chi connectivity index (χ0n) is 9.45. The van der Waals surface area contributed by atoms with Crippen molar-refractivity contribution in [2.75, 3.05) is 0 Å². The highest BCUT2D eigenvalue weighted by molar-refractivity contribution is 9.10. The molecule has 1 heterocycles. The number of aryl methyl sites for hydroxylation is 1. The van der Waals surface area contributed by atoms with Crippen LogP contribution in [-0.4, -0.2) is 31.3 Å². The van der Waals surface area contributed by atoms with E-state index >= 15 is 0 Å². The molecule has 0 atom stereocenters. The number of aromatic nitrogens is 4. The highest BCUT2D eigenvalue weighted by Crippen LogP contribution is 2.12. The maximum Gasteiger partial charge on any atom is 0.305 e. The number of benzene rings is 1. The van der Waals surface area contributed by atoms with Gasteiger partial charge >= 0.3 is 5.97 Å². The number of carboxylic acids is 1. The number of tetrazole rings is 1. The van der Waals surface area contributed by atoms with E-state index in [0.717, 1.165) is 10.0 Å². The van der Waals surface area contributed by atoms with Crippen LogP contribution in [0.15, 0.2) is 28.7 Å². The van der Waals surface area contributed by atoms with Crippen LogP contribution in [0, 0.1) is 0 Å². The van der Waals surface area contributed by atoms with Gasteiger partial charge in [0.15, 0.2) is 5.82 Å². The van der Waals surface area contributed by atoms with Crippen molar-refractivity contribution in [1.29, 1.82) is 0 Å². The molecule has 0 aliphatic rings. The molecule has 0 saturated carbocycles. The largest absolute Gasteiger partial charge is 0.481 e. The molecule has 0 amide bonds. The molecule has 18 heavy (non-hydrogen) atoms. The third-order valence-electron chi connectivity index (χ3n) is 2.42. The van der Waals surface area contributed by atoms with Gasteiger partial charge in [0.2, 0.25) is 0 Å². The molecular weight excluding hydrogens is 300 g/mol. The molecule has 0 unspecified atom stereocenters. The minimum Gasteiger partial charge on any atom is -0.481 e. The lowest BCUT2D eigenvalue weighted by molar-refractivity contribution is -0.137. The van der Waals surface area contributed by atoms with Crippen molar-refractivity contribution in [3.63, 3.8) is 0 Å². The first-order valence-electron chi connectivity index (χ1n) is 5.36.